The van der Waals surface area contributed by atoms with E-state index in [1.165, 1.54) is 0 Å². The summed E-state index contributed by atoms with van der Waals surface area (Å²) in [6, 6.07) is 7.86. The SMILES string of the molecule is COc1ccccc1-c1cncnc1C. The number of para-hydroxylation sites is 1. The van der Waals surface area contributed by atoms with E-state index in [1.54, 1.807) is 19.6 Å². The Morgan fingerprint density at radius 2 is 1.93 bits per heavy atom. The van der Waals surface area contributed by atoms with E-state index < -0.39 is 0 Å². The fourth-order valence-corrected chi connectivity index (χ4v) is 1.52. The molecule has 2 aromatic rings. The van der Waals surface area contributed by atoms with Gasteiger partial charge in [-0.15, -0.1) is 0 Å². The number of nitrogens with zero attached hydrogens (tertiary/aromatic N) is 2. The minimum atomic E-state index is 0.843. The molecule has 0 N–H and O–H groups in total. The molecule has 0 spiro atoms. The molecule has 0 bridgehead atoms. The van der Waals surface area contributed by atoms with E-state index in [0.29, 0.717) is 0 Å². The molecular formula is C12H12N2O. The molecule has 0 aliphatic heterocycles. The topological polar surface area (TPSA) is 35.0 Å². The largest absolute Gasteiger partial charge is 0.496 e. The molecule has 0 unspecified atom stereocenters. The molecule has 1 aromatic carbocycles. The molecule has 2 rings (SSSR count). The number of methoxy groups -OCH3 is 1. The van der Waals surface area contributed by atoms with E-state index in [9.17, 15) is 0 Å². The molecule has 3 nitrogen and oxygen atoms in total. The number of aromatic nitrogens is 2. The zero-order valence-electron chi connectivity index (χ0n) is 8.77. The molecule has 1 heterocycles. The van der Waals surface area contributed by atoms with Crippen LogP contribution in [0.25, 0.3) is 11.1 Å². The zero-order valence-corrected chi connectivity index (χ0v) is 8.77. The lowest BCUT2D eigenvalue weighted by molar-refractivity contribution is 0.416. The lowest BCUT2D eigenvalue weighted by Gasteiger charge is -2.09. The van der Waals surface area contributed by atoms with Gasteiger partial charge in [0.2, 0.25) is 0 Å². The summed E-state index contributed by atoms with van der Waals surface area (Å²) in [6.45, 7) is 1.96. The summed E-state index contributed by atoms with van der Waals surface area (Å²) >= 11 is 0. The standard InChI is InChI=1S/C12H12N2O/c1-9-11(7-13-8-14-9)10-5-3-4-6-12(10)15-2/h3-8H,1-2H3. The lowest BCUT2D eigenvalue weighted by Crippen LogP contribution is -1.92. The first-order chi connectivity index (χ1) is 7.33. The van der Waals surface area contributed by atoms with Gasteiger partial charge >= 0.3 is 0 Å². The van der Waals surface area contributed by atoms with Gasteiger partial charge in [-0.2, -0.15) is 0 Å². The van der Waals surface area contributed by atoms with Gasteiger partial charge in [0.1, 0.15) is 12.1 Å². The summed E-state index contributed by atoms with van der Waals surface area (Å²) in [6.07, 6.45) is 3.36. The summed E-state index contributed by atoms with van der Waals surface area (Å²) in [5.41, 5.74) is 2.99. The van der Waals surface area contributed by atoms with Crippen molar-refractivity contribution in [2.45, 2.75) is 6.92 Å². The van der Waals surface area contributed by atoms with Crippen molar-refractivity contribution in [2.24, 2.45) is 0 Å². The van der Waals surface area contributed by atoms with E-state index in [1.807, 2.05) is 31.2 Å². The van der Waals surface area contributed by atoms with Crippen molar-refractivity contribution in [3.63, 3.8) is 0 Å². The van der Waals surface area contributed by atoms with Gasteiger partial charge in [-0.05, 0) is 13.0 Å². The van der Waals surface area contributed by atoms with E-state index in [2.05, 4.69) is 9.97 Å². The first kappa shape index (κ1) is 9.65. The molecule has 0 saturated carbocycles. The average molecular weight is 200 g/mol. The highest BCUT2D eigenvalue weighted by Gasteiger charge is 2.07. The van der Waals surface area contributed by atoms with Gasteiger partial charge in [0.25, 0.3) is 0 Å². The first-order valence-electron chi connectivity index (χ1n) is 4.73. The first-order valence-corrected chi connectivity index (χ1v) is 4.73. The van der Waals surface area contributed by atoms with Crippen molar-refractivity contribution in [1.29, 1.82) is 0 Å². The van der Waals surface area contributed by atoms with Crippen LogP contribution in [0.15, 0.2) is 36.8 Å². The number of benzene rings is 1. The van der Waals surface area contributed by atoms with Crippen LogP contribution in [-0.4, -0.2) is 17.1 Å². The lowest BCUT2D eigenvalue weighted by atomic mass is 10.1. The van der Waals surface area contributed by atoms with Crippen molar-refractivity contribution in [1.82, 2.24) is 9.97 Å². The highest BCUT2D eigenvalue weighted by atomic mass is 16.5. The van der Waals surface area contributed by atoms with Gasteiger partial charge < -0.3 is 4.74 Å². The Morgan fingerprint density at radius 1 is 1.13 bits per heavy atom. The summed E-state index contributed by atoms with van der Waals surface area (Å²) in [4.78, 5) is 8.19. The van der Waals surface area contributed by atoms with Crippen molar-refractivity contribution in [3.8, 4) is 16.9 Å². The minimum Gasteiger partial charge on any atom is -0.496 e. The molecule has 3 heteroatoms. The van der Waals surface area contributed by atoms with Crippen LogP contribution >= 0.6 is 0 Å². The second kappa shape index (κ2) is 4.09. The van der Waals surface area contributed by atoms with Crippen molar-refractivity contribution in [2.75, 3.05) is 7.11 Å². The Balaban J connectivity index is 2.59. The Hall–Kier alpha value is -1.90. The monoisotopic (exact) mass is 200 g/mol. The molecule has 76 valence electrons. The van der Waals surface area contributed by atoms with E-state index >= 15 is 0 Å². The van der Waals surface area contributed by atoms with Crippen molar-refractivity contribution < 1.29 is 4.74 Å². The number of hydrogen-bond acceptors (Lipinski definition) is 3. The number of hydrogen-bond donors (Lipinski definition) is 0. The Labute approximate surface area is 88.8 Å². The van der Waals surface area contributed by atoms with Gasteiger partial charge in [-0.1, -0.05) is 18.2 Å². The van der Waals surface area contributed by atoms with Crippen molar-refractivity contribution in [3.05, 3.63) is 42.5 Å². The van der Waals surface area contributed by atoms with E-state index in [-0.39, 0.29) is 0 Å². The summed E-state index contributed by atoms with van der Waals surface area (Å²) in [5.74, 6) is 0.843. The Kier molecular flexibility index (Phi) is 2.63. The predicted octanol–water partition coefficient (Wildman–Crippen LogP) is 2.46. The summed E-state index contributed by atoms with van der Waals surface area (Å²) in [5, 5.41) is 0. The predicted molar refractivity (Wildman–Crippen MR) is 58.8 cm³/mol. The van der Waals surface area contributed by atoms with E-state index in [4.69, 9.17) is 4.74 Å². The third-order valence-electron chi connectivity index (χ3n) is 2.31. The molecule has 0 atom stereocenters. The smallest absolute Gasteiger partial charge is 0.126 e. The molecule has 0 aliphatic rings. The van der Waals surface area contributed by atoms with Gasteiger partial charge in [-0.25, -0.2) is 9.97 Å². The second-order valence-corrected chi connectivity index (χ2v) is 3.22. The highest BCUT2D eigenvalue weighted by Crippen LogP contribution is 2.30. The fourth-order valence-electron chi connectivity index (χ4n) is 1.52. The average Bonchev–Trinajstić information content (AvgIpc) is 2.30. The van der Waals surface area contributed by atoms with Crippen LogP contribution in [0.1, 0.15) is 5.69 Å². The third-order valence-corrected chi connectivity index (χ3v) is 2.31. The van der Waals surface area contributed by atoms with Gasteiger partial charge in [-0.3, -0.25) is 0 Å². The maximum absolute atomic E-state index is 5.30. The molecule has 15 heavy (non-hydrogen) atoms. The molecule has 0 saturated heterocycles. The van der Waals surface area contributed by atoms with Crippen LogP contribution in [0.4, 0.5) is 0 Å². The summed E-state index contributed by atoms with van der Waals surface area (Å²) < 4.78 is 5.30. The van der Waals surface area contributed by atoms with Crippen molar-refractivity contribution >= 4 is 0 Å². The molecule has 1 aromatic heterocycles. The van der Waals surface area contributed by atoms with Gasteiger partial charge in [0.15, 0.2) is 0 Å². The molecule has 0 fully saturated rings. The fraction of sp³-hybridized carbons (Fsp3) is 0.167. The maximum atomic E-state index is 5.30. The molecular weight excluding hydrogens is 188 g/mol. The van der Waals surface area contributed by atoms with Crippen LogP contribution in [0.2, 0.25) is 0 Å². The molecule has 0 radical (unpaired) electrons. The van der Waals surface area contributed by atoms with E-state index in [0.717, 1.165) is 22.6 Å². The van der Waals surface area contributed by atoms with Gasteiger partial charge in [0, 0.05) is 23.0 Å². The number of aryl methyl sites for hydroxylation is 1. The summed E-state index contributed by atoms with van der Waals surface area (Å²) in [7, 11) is 1.66. The van der Waals surface area contributed by atoms with Gasteiger partial charge in [0.05, 0.1) is 7.11 Å². The second-order valence-electron chi connectivity index (χ2n) is 3.22. The Morgan fingerprint density at radius 3 is 2.67 bits per heavy atom. The van der Waals surface area contributed by atoms with Crippen LogP contribution in [0.5, 0.6) is 5.75 Å². The quantitative estimate of drug-likeness (QED) is 0.747. The van der Waals surface area contributed by atoms with Crippen LogP contribution in [-0.2, 0) is 0 Å². The molecule has 0 aliphatic carbocycles. The maximum Gasteiger partial charge on any atom is 0.126 e. The molecule has 0 amide bonds. The Bertz CT molecular complexity index is 469. The van der Waals surface area contributed by atoms with Crippen LogP contribution in [0, 0.1) is 6.92 Å². The van der Waals surface area contributed by atoms with Crippen LogP contribution in [0.3, 0.4) is 0 Å². The normalized spacial score (nSPS) is 10.0. The third kappa shape index (κ3) is 1.81. The number of rotatable bonds is 2. The van der Waals surface area contributed by atoms with Crippen LogP contribution < -0.4 is 4.74 Å². The minimum absolute atomic E-state index is 0.843. The zero-order chi connectivity index (χ0) is 10.7. The highest BCUT2D eigenvalue weighted by molar-refractivity contribution is 5.71. The number of ether oxygens (including phenoxy) is 1.